The fourth-order valence-electron chi connectivity index (χ4n) is 2.91. The second-order valence-corrected chi connectivity index (χ2v) is 8.03. The summed E-state index contributed by atoms with van der Waals surface area (Å²) < 4.78 is 35.2. The van der Waals surface area contributed by atoms with E-state index in [9.17, 15) is 13.2 Å². The summed E-state index contributed by atoms with van der Waals surface area (Å²) in [6, 6.07) is 8.01. The molecule has 29 heavy (non-hydrogen) atoms. The van der Waals surface area contributed by atoms with Crippen LogP contribution in [0.1, 0.15) is 16.7 Å². The van der Waals surface area contributed by atoms with E-state index in [4.69, 9.17) is 9.84 Å². The smallest absolute Gasteiger partial charge is 0.341 e. The fourth-order valence-corrected chi connectivity index (χ4v) is 4.20. The number of rotatable bonds is 7. The fraction of sp³-hybridized carbons (Fsp3) is 0.222. The zero-order valence-corrected chi connectivity index (χ0v) is 16.8. The lowest BCUT2D eigenvalue weighted by Gasteiger charge is -2.16. The SMILES string of the molecule is Cc1cc(NS(=O)(=O)c2ccc(C)c(OCC(=O)O)c2C)ccc1-n1cnnn1. The first-order chi connectivity index (χ1) is 13.7. The highest BCUT2D eigenvalue weighted by Crippen LogP contribution is 2.30. The van der Waals surface area contributed by atoms with Crippen LogP contribution < -0.4 is 9.46 Å². The van der Waals surface area contributed by atoms with Gasteiger partial charge in [-0.1, -0.05) is 6.07 Å². The molecule has 0 atom stereocenters. The lowest BCUT2D eigenvalue weighted by atomic mass is 10.1. The second kappa shape index (κ2) is 7.87. The topological polar surface area (TPSA) is 136 Å². The number of benzene rings is 2. The number of carbonyl (C=O) groups is 1. The third-order valence-electron chi connectivity index (χ3n) is 4.23. The number of hydrogen-bond acceptors (Lipinski definition) is 7. The number of aryl methyl sites for hydroxylation is 2. The van der Waals surface area contributed by atoms with E-state index in [1.54, 1.807) is 38.1 Å². The Bertz CT molecular complexity index is 1160. The van der Waals surface area contributed by atoms with Crippen LogP contribution in [0.4, 0.5) is 5.69 Å². The summed E-state index contributed by atoms with van der Waals surface area (Å²) in [5.74, 6) is -0.909. The van der Waals surface area contributed by atoms with Gasteiger partial charge in [0.1, 0.15) is 12.1 Å². The Morgan fingerprint density at radius 1 is 1.17 bits per heavy atom. The minimum absolute atomic E-state index is 0.00527. The summed E-state index contributed by atoms with van der Waals surface area (Å²) in [5, 5.41) is 19.8. The van der Waals surface area contributed by atoms with Crippen LogP contribution in [-0.2, 0) is 14.8 Å². The number of nitrogens with zero attached hydrogens (tertiary/aromatic N) is 4. The van der Waals surface area contributed by atoms with Gasteiger partial charge >= 0.3 is 5.97 Å². The van der Waals surface area contributed by atoms with Gasteiger partial charge in [0, 0.05) is 11.3 Å². The summed E-state index contributed by atoms with van der Waals surface area (Å²) in [6.45, 7) is 4.54. The molecule has 2 aromatic carbocycles. The number of carboxylic acids is 1. The van der Waals surface area contributed by atoms with Gasteiger partial charge in [0.15, 0.2) is 6.61 Å². The van der Waals surface area contributed by atoms with E-state index >= 15 is 0 Å². The molecule has 2 N–H and O–H groups in total. The van der Waals surface area contributed by atoms with E-state index in [2.05, 4.69) is 20.2 Å². The van der Waals surface area contributed by atoms with Gasteiger partial charge in [0.25, 0.3) is 10.0 Å². The average Bonchev–Trinajstić information content (AvgIpc) is 3.15. The highest BCUT2D eigenvalue weighted by atomic mass is 32.2. The molecular weight excluding hydrogens is 398 g/mol. The van der Waals surface area contributed by atoms with Crippen LogP contribution in [-0.4, -0.2) is 46.3 Å². The minimum Gasteiger partial charge on any atom is -0.481 e. The maximum Gasteiger partial charge on any atom is 0.341 e. The third kappa shape index (κ3) is 4.35. The predicted octanol–water partition coefficient (Wildman–Crippen LogP) is 1.85. The largest absolute Gasteiger partial charge is 0.481 e. The molecular formula is C18H19N5O5S. The second-order valence-electron chi connectivity index (χ2n) is 6.38. The molecule has 10 nitrogen and oxygen atoms in total. The van der Waals surface area contributed by atoms with Crippen molar-refractivity contribution >= 4 is 21.7 Å². The van der Waals surface area contributed by atoms with Crippen LogP contribution in [0.25, 0.3) is 5.69 Å². The van der Waals surface area contributed by atoms with Crippen LogP contribution >= 0.6 is 0 Å². The quantitative estimate of drug-likeness (QED) is 0.594. The summed E-state index contributed by atoms with van der Waals surface area (Å²) in [4.78, 5) is 10.8. The van der Waals surface area contributed by atoms with Crippen molar-refractivity contribution in [2.75, 3.05) is 11.3 Å². The molecule has 0 saturated heterocycles. The molecule has 0 aliphatic carbocycles. The molecule has 0 bridgehead atoms. The number of anilines is 1. The highest BCUT2D eigenvalue weighted by Gasteiger charge is 2.21. The maximum absolute atomic E-state index is 12.9. The number of nitrogens with one attached hydrogen (secondary N) is 1. The summed E-state index contributed by atoms with van der Waals surface area (Å²) in [6.07, 6.45) is 1.44. The number of sulfonamides is 1. The molecule has 11 heteroatoms. The van der Waals surface area contributed by atoms with Crippen LogP contribution in [0, 0.1) is 20.8 Å². The van der Waals surface area contributed by atoms with Crippen molar-refractivity contribution in [1.29, 1.82) is 0 Å². The Kier molecular flexibility index (Phi) is 5.50. The number of ether oxygens (including phenoxy) is 1. The molecule has 0 amide bonds. The van der Waals surface area contributed by atoms with E-state index in [1.807, 2.05) is 6.92 Å². The van der Waals surface area contributed by atoms with Crippen molar-refractivity contribution in [1.82, 2.24) is 20.2 Å². The summed E-state index contributed by atoms with van der Waals surface area (Å²) in [7, 11) is -3.93. The third-order valence-corrected chi connectivity index (χ3v) is 5.75. The molecule has 1 heterocycles. The summed E-state index contributed by atoms with van der Waals surface area (Å²) >= 11 is 0. The van der Waals surface area contributed by atoms with Gasteiger partial charge in [0.2, 0.25) is 0 Å². The van der Waals surface area contributed by atoms with Crippen LogP contribution in [0.3, 0.4) is 0 Å². The number of carboxylic acid groups (broad SMARTS) is 1. The molecule has 0 aliphatic rings. The van der Waals surface area contributed by atoms with Gasteiger partial charge in [-0.15, -0.1) is 5.10 Å². The molecule has 0 aliphatic heterocycles. The van der Waals surface area contributed by atoms with Crippen molar-refractivity contribution in [3.63, 3.8) is 0 Å². The van der Waals surface area contributed by atoms with Gasteiger partial charge in [-0.2, -0.15) is 0 Å². The van der Waals surface area contributed by atoms with E-state index in [0.717, 1.165) is 5.56 Å². The van der Waals surface area contributed by atoms with Gasteiger partial charge < -0.3 is 9.84 Å². The first-order valence-corrected chi connectivity index (χ1v) is 9.99. The van der Waals surface area contributed by atoms with Gasteiger partial charge in [-0.3, -0.25) is 4.72 Å². The van der Waals surface area contributed by atoms with Crippen LogP contribution in [0.15, 0.2) is 41.6 Å². The standard InChI is InChI=1S/C18H19N5O5S/c1-11-4-7-16(13(3)18(11)28-9-17(24)25)29(26,27)20-14-5-6-15(12(2)8-14)23-10-19-21-22-23/h4-8,10,20H,9H2,1-3H3,(H,24,25). The lowest BCUT2D eigenvalue weighted by Crippen LogP contribution is -2.16. The first kappa shape index (κ1) is 20.3. The van der Waals surface area contributed by atoms with E-state index < -0.39 is 22.6 Å². The Hall–Kier alpha value is -3.47. The van der Waals surface area contributed by atoms with Gasteiger partial charge in [-0.25, -0.2) is 17.9 Å². The molecule has 1 aromatic heterocycles. The molecule has 0 unspecified atom stereocenters. The zero-order valence-electron chi connectivity index (χ0n) is 15.9. The maximum atomic E-state index is 12.9. The van der Waals surface area contributed by atoms with E-state index in [1.165, 1.54) is 17.1 Å². The first-order valence-electron chi connectivity index (χ1n) is 8.50. The van der Waals surface area contributed by atoms with Gasteiger partial charge in [-0.05, 0) is 66.6 Å². The number of hydrogen-bond donors (Lipinski definition) is 2. The molecule has 0 fully saturated rings. The number of aromatic nitrogens is 4. The molecule has 152 valence electrons. The zero-order chi connectivity index (χ0) is 21.2. The van der Waals surface area contributed by atoms with E-state index in [0.29, 0.717) is 22.5 Å². The lowest BCUT2D eigenvalue weighted by molar-refractivity contribution is -0.139. The van der Waals surface area contributed by atoms with Crippen LogP contribution in [0.5, 0.6) is 5.75 Å². The highest BCUT2D eigenvalue weighted by molar-refractivity contribution is 7.92. The average molecular weight is 417 g/mol. The Morgan fingerprint density at radius 3 is 2.55 bits per heavy atom. The Balaban J connectivity index is 1.91. The van der Waals surface area contributed by atoms with Gasteiger partial charge in [0.05, 0.1) is 10.6 Å². The van der Waals surface area contributed by atoms with Crippen molar-refractivity contribution in [2.45, 2.75) is 25.7 Å². The monoisotopic (exact) mass is 417 g/mol. The van der Waals surface area contributed by atoms with Crippen LogP contribution in [0.2, 0.25) is 0 Å². The summed E-state index contributed by atoms with van der Waals surface area (Å²) in [5.41, 5.74) is 2.83. The number of aliphatic carboxylic acids is 1. The van der Waals surface area contributed by atoms with Crippen molar-refractivity contribution in [3.8, 4) is 11.4 Å². The molecule has 3 aromatic rings. The molecule has 0 spiro atoms. The predicted molar refractivity (Wildman–Crippen MR) is 104 cm³/mol. The van der Waals surface area contributed by atoms with Crippen molar-refractivity contribution in [3.05, 3.63) is 53.3 Å². The minimum atomic E-state index is -3.93. The molecule has 0 radical (unpaired) electrons. The Morgan fingerprint density at radius 2 is 1.93 bits per heavy atom. The normalized spacial score (nSPS) is 11.3. The number of tetrazole rings is 1. The van der Waals surface area contributed by atoms with E-state index in [-0.39, 0.29) is 10.6 Å². The van der Waals surface area contributed by atoms with Crippen molar-refractivity contribution < 1.29 is 23.1 Å². The molecule has 3 rings (SSSR count). The van der Waals surface area contributed by atoms with Crippen molar-refractivity contribution in [2.24, 2.45) is 0 Å². The Labute approximate surface area is 167 Å². The molecule has 0 saturated carbocycles.